The smallest absolute Gasteiger partial charge is 0.282 e. The van der Waals surface area contributed by atoms with E-state index in [1.165, 1.54) is 16.3 Å². The van der Waals surface area contributed by atoms with Crippen molar-refractivity contribution in [2.75, 3.05) is 24.0 Å². The van der Waals surface area contributed by atoms with Crippen LogP contribution in [0.3, 0.4) is 0 Å². The number of hydrazone groups is 1. The molecule has 1 amide bonds. The van der Waals surface area contributed by atoms with Crippen LogP contribution in [0.5, 0.6) is 0 Å². The third-order valence-electron chi connectivity index (χ3n) is 4.49. The van der Waals surface area contributed by atoms with Gasteiger partial charge >= 0.3 is 0 Å². The minimum Gasteiger partial charge on any atom is -0.378 e. The van der Waals surface area contributed by atoms with E-state index in [-0.39, 0.29) is 5.91 Å². The molecule has 140 valence electrons. The van der Waals surface area contributed by atoms with Gasteiger partial charge in [0.05, 0.1) is 21.5 Å². The van der Waals surface area contributed by atoms with Gasteiger partial charge in [-0.2, -0.15) is 10.1 Å². The fraction of sp³-hybridized carbons (Fsp3) is 0.136. The van der Waals surface area contributed by atoms with Crippen molar-refractivity contribution in [2.24, 2.45) is 5.10 Å². The van der Waals surface area contributed by atoms with E-state index >= 15 is 0 Å². The third-order valence-corrected chi connectivity index (χ3v) is 5.50. The summed E-state index contributed by atoms with van der Waals surface area (Å²) in [7, 11) is 4.03. The molecule has 0 bridgehead atoms. The first-order chi connectivity index (χ1) is 13.5. The maximum Gasteiger partial charge on any atom is 0.282 e. The molecular weight excluding hydrogens is 368 g/mol. The van der Waals surface area contributed by atoms with Crippen molar-refractivity contribution >= 4 is 50.1 Å². The van der Waals surface area contributed by atoms with Crippen LogP contribution in [-0.4, -0.2) is 30.7 Å². The van der Waals surface area contributed by atoms with Gasteiger partial charge in [0.1, 0.15) is 0 Å². The predicted octanol–water partition coefficient (Wildman–Crippen LogP) is 4.72. The van der Waals surface area contributed by atoms with Crippen molar-refractivity contribution in [1.29, 1.82) is 0 Å². The highest BCUT2D eigenvalue weighted by atomic mass is 32.1. The quantitative estimate of drug-likeness (QED) is 0.608. The summed E-state index contributed by atoms with van der Waals surface area (Å²) < 4.78 is 1.04. The molecule has 2 aromatic carbocycles. The lowest BCUT2D eigenvalue weighted by Crippen LogP contribution is -2.21. The molecule has 0 radical (unpaired) electrons. The molecule has 28 heavy (non-hydrogen) atoms. The van der Waals surface area contributed by atoms with Crippen molar-refractivity contribution in [3.63, 3.8) is 0 Å². The van der Waals surface area contributed by atoms with Crippen molar-refractivity contribution in [1.82, 2.24) is 4.98 Å². The molecule has 0 N–H and O–H groups in total. The average molecular weight is 388 g/mol. The third kappa shape index (κ3) is 3.46. The summed E-state index contributed by atoms with van der Waals surface area (Å²) in [6.45, 7) is 1.84. The molecule has 2 heterocycles. The minimum absolute atomic E-state index is 0.149. The molecule has 4 rings (SSSR count). The van der Waals surface area contributed by atoms with Gasteiger partial charge in [0.25, 0.3) is 5.91 Å². The summed E-state index contributed by atoms with van der Waals surface area (Å²) >= 11 is 1.46. The van der Waals surface area contributed by atoms with E-state index in [4.69, 9.17) is 0 Å². The fourth-order valence-electron chi connectivity index (χ4n) is 2.93. The van der Waals surface area contributed by atoms with E-state index in [1.54, 1.807) is 0 Å². The Morgan fingerprint density at radius 3 is 2.54 bits per heavy atom. The van der Waals surface area contributed by atoms with E-state index in [9.17, 15) is 4.79 Å². The number of allylic oxidation sites excluding steroid dienone is 2. The number of amides is 1. The Bertz CT molecular complexity index is 1090. The lowest BCUT2D eigenvalue weighted by Gasteiger charge is -2.11. The van der Waals surface area contributed by atoms with Crippen molar-refractivity contribution in [3.05, 3.63) is 71.8 Å². The largest absolute Gasteiger partial charge is 0.378 e. The number of para-hydroxylation sites is 1. The summed E-state index contributed by atoms with van der Waals surface area (Å²) in [5, 5.41) is 6.40. The minimum atomic E-state index is -0.149. The topological polar surface area (TPSA) is 48.8 Å². The van der Waals surface area contributed by atoms with E-state index in [0.29, 0.717) is 16.4 Å². The fourth-order valence-corrected chi connectivity index (χ4v) is 3.85. The second-order valence-electron chi connectivity index (χ2n) is 6.69. The Hall–Kier alpha value is -3.25. The number of nitrogens with zero attached hydrogens (tertiary/aromatic N) is 4. The number of hydrogen-bond donors (Lipinski definition) is 0. The normalized spacial score (nSPS) is 15.8. The van der Waals surface area contributed by atoms with Crippen LogP contribution < -0.4 is 9.91 Å². The maximum absolute atomic E-state index is 12.8. The molecule has 0 aliphatic carbocycles. The molecule has 1 aliphatic heterocycles. The highest BCUT2D eigenvalue weighted by molar-refractivity contribution is 7.22. The summed E-state index contributed by atoms with van der Waals surface area (Å²) in [6, 6.07) is 16.1. The molecule has 1 aromatic heterocycles. The van der Waals surface area contributed by atoms with Gasteiger partial charge in [0, 0.05) is 19.8 Å². The van der Waals surface area contributed by atoms with Crippen molar-refractivity contribution in [2.45, 2.75) is 6.92 Å². The molecule has 3 aromatic rings. The number of anilines is 2. The van der Waals surface area contributed by atoms with E-state index < -0.39 is 0 Å². The SMILES string of the molecule is CC1=NN(c2nc3ccccc3s2)C(=O)C1=CC=Cc1ccc(N(C)C)cc1. The van der Waals surface area contributed by atoms with Crippen LogP contribution in [0.15, 0.2) is 71.4 Å². The van der Waals surface area contributed by atoms with Crippen LogP contribution in [0.2, 0.25) is 0 Å². The second-order valence-corrected chi connectivity index (χ2v) is 7.70. The Kier molecular flexibility index (Phi) is 4.79. The van der Waals surface area contributed by atoms with Crippen molar-refractivity contribution in [3.8, 4) is 0 Å². The lowest BCUT2D eigenvalue weighted by atomic mass is 10.1. The summed E-state index contributed by atoms with van der Waals surface area (Å²) in [5.41, 5.74) is 4.38. The zero-order chi connectivity index (χ0) is 19.7. The highest BCUT2D eigenvalue weighted by Gasteiger charge is 2.30. The molecule has 0 spiro atoms. The second kappa shape index (κ2) is 7.40. The number of aromatic nitrogens is 1. The predicted molar refractivity (Wildman–Crippen MR) is 118 cm³/mol. The van der Waals surface area contributed by atoms with E-state index in [2.05, 4.69) is 39.3 Å². The molecule has 0 fully saturated rings. The van der Waals surface area contributed by atoms with Gasteiger partial charge in [-0.3, -0.25) is 4.79 Å². The van der Waals surface area contributed by atoms with Gasteiger partial charge < -0.3 is 4.90 Å². The molecule has 0 atom stereocenters. The van der Waals surface area contributed by atoms with Gasteiger partial charge in [0.15, 0.2) is 0 Å². The zero-order valence-electron chi connectivity index (χ0n) is 16.0. The van der Waals surface area contributed by atoms with Gasteiger partial charge in [0.2, 0.25) is 5.13 Å². The number of thiazole rings is 1. The van der Waals surface area contributed by atoms with E-state index in [0.717, 1.165) is 21.5 Å². The first-order valence-corrected chi connectivity index (χ1v) is 9.76. The summed E-state index contributed by atoms with van der Waals surface area (Å²) in [5.74, 6) is -0.149. The lowest BCUT2D eigenvalue weighted by molar-refractivity contribution is -0.114. The summed E-state index contributed by atoms with van der Waals surface area (Å²) in [6.07, 6.45) is 5.68. The molecule has 0 unspecified atom stereocenters. The Morgan fingerprint density at radius 1 is 1.07 bits per heavy atom. The Balaban J connectivity index is 1.54. The van der Waals surface area contributed by atoms with Crippen LogP contribution in [0.1, 0.15) is 12.5 Å². The number of benzene rings is 2. The van der Waals surface area contributed by atoms with Crippen LogP contribution >= 0.6 is 11.3 Å². The van der Waals surface area contributed by atoms with Gasteiger partial charge in [-0.25, -0.2) is 4.98 Å². The van der Waals surface area contributed by atoms with Crippen molar-refractivity contribution < 1.29 is 4.79 Å². The first kappa shape index (κ1) is 18.1. The molecule has 5 nitrogen and oxygen atoms in total. The number of carbonyl (C=O) groups excluding carboxylic acids is 1. The monoisotopic (exact) mass is 388 g/mol. The number of hydrogen-bond acceptors (Lipinski definition) is 5. The van der Waals surface area contributed by atoms with Crippen LogP contribution in [0.4, 0.5) is 10.8 Å². The Labute approximate surface area is 167 Å². The number of carbonyl (C=O) groups is 1. The summed E-state index contributed by atoms with van der Waals surface area (Å²) in [4.78, 5) is 19.4. The molecule has 0 saturated heterocycles. The molecule has 6 heteroatoms. The number of fused-ring (bicyclic) bond motifs is 1. The average Bonchev–Trinajstić information content (AvgIpc) is 3.24. The van der Waals surface area contributed by atoms with Crippen LogP contribution in [0.25, 0.3) is 16.3 Å². The Morgan fingerprint density at radius 2 is 1.82 bits per heavy atom. The van der Waals surface area contributed by atoms with Gasteiger partial charge in [-0.05, 0) is 42.8 Å². The number of rotatable bonds is 4. The van der Waals surface area contributed by atoms with Crippen LogP contribution in [-0.2, 0) is 4.79 Å². The first-order valence-electron chi connectivity index (χ1n) is 8.94. The molecule has 1 aliphatic rings. The maximum atomic E-state index is 12.8. The standard InChI is InChI=1S/C22H20N4OS/c1-15-18(8-6-7-16-11-13-17(14-12-16)25(2)3)21(27)26(24-15)22-23-19-9-4-5-10-20(19)28-22/h4-14H,1-3H3. The highest BCUT2D eigenvalue weighted by Crippen LogP contribution is 2.32. The van der Waals surface area contributed by atoms with Gasteiger partial charge in [-0.15, -0.1) is 0 Å². The molecular formula is C22H20N4OS. The van der Waals surface area contributed by atoms with E-state index in [1.807, 2.05) is 63.5 Å². The zero-order valence-corrected chi connectivity index (χ0v) is 16.8. The van der Waals surface area contributed by atoms with Gasteiger partial charge in [-0.1, -0.05) is 47.8 Å². The van der Waals surface area contributed by atoms with Crippen LogP contribution in [0, 0.1) is 0 Å². The molecule has 0 saturated carbocycles.